The normalized spacial score (nSPS) is 11.8. The standard InChI is InChI=1S/C19H29N7O2/c1-14-21-10-11-26(14)16-7-6-15(12-24-16)13-25-17(20-5)22-8-9-23-18(27)28-19(2,3)4/h6-7,10-12H,8-9,13H2,1-5H3,(H,23,27)(H2,20,22,25). The van der Waals surface area contributed by atoms with Crippen molar-refractivity contribution in [2.75, 3.05) is 20.1 Å². The van der Waals surface area contributed by atoms with Crippen molar-refractivity contribution in [2.45, 2.75) is 39.8 Å². The van der Waals surface area contributed by atoms with E-state index < -0.39 is 11.7 Å². The first-order valence-corrected chi connectivity index (χ1v) is 9.15. The maximum absolute atomic E-state index is 11.6. The number of imidazole rings is 1. The molecule has 0 aromatic carbocycles. The predicted octanol–water partition coefficient (Wildman–Crippen LogP) is 1.77. The highest BCUT2D eigenvalue weighted by atomic mass is 16.6. The molecule has 3 N–H and O–H groups in total. The van der Waals surface area contributed by atoms with Crippen LogP contribution in [-0.4, -0.2) is 52.3 Å². The Morgan fingerprint density at radius 2 is 1.93 bits per heavy atom. The SMILES string of the molecule is CN=C(NCCNC(=O)OC(C)(C)C)NCc1ccc(-n2ccnc2C)nc1. The first kappa shape index (κ1) is 21.2. The molecule has 0 radical (unpaired) electrons. The molecule has 1 amide bonds. The highest BCUT2D eigenvalue weighted by Crippen LogP contribution is 2.08. The number of carbonyl (C=O) groups excluding carboxylic acids is 1. The predicted molar refractivity (Wildman–Crippen MR) is 109 cm³/mol. The van der Waals surface area contributed by atoms with Gasteiger partial charge in [0.1, 0.15) is 17.2 Å². The number of amides is 1. The molecule has 0 spiro atoms. The van der Waals surface area contributed by atoms with Crippen LogP contribution in [0.25, 0.3) is 5.82 Å². The Morgan fingerprint density at radius 1 is 1.18 bits per heavy atom. The summed E-state index contributed by atoms with van der Waals surface area (Å²) in [5.74, 6) is 2.36. The van der Waals surface area contributed by atoms with E-state index in [1.165, 1.54) is 0 Å². The number of nitrogens with one attached hydrogen (secondary N) is 3. The average molecular weight is 387 g/mol. The number of ether oxygens (including phenoxy) is 1. The van der Waals surface area contributed by atoms with Crippen molar-refractivity contribution in [3.05, 3.63) is 42.1 Å². The Balaban J connectivity index is 1.73. The van der Waals surface area contributed by atoms with Gasteiger partial charge in [0, 0.05) is 45.3 Å². The number of carbonyl (C=O) groups is 1. The lowest BCUT2D eigenvalue weighted by Crippen LogP contribution is -2.42. The summed E-state index contributed by atoms with van der Waals surface area (Å²) in [6, 6.07) is 3.96. The van der Waals surface area contributed by atoms with Gasteiger partial charge in [-0.25, -0.2) is 14.8 Å². The van der Waals surface area contributed by atoms with Gasteiger partial charge in [-0.15, -0.1) is 0 Å². The second kappa shape index (κ2) is 9.72. The Bertz CT molecular complexity index is 791. The molecule has 152 valence electrons. The van der Waals surface area contributed by atoms with E-state index in [0.29, 0.717) is 25.6 Å². The van der Waals surface area contributed by atoms with Crippen LogP contribution in [0.5, 0.6) is 0 Å². The third-order valence-corrected chi connectivity index (χ3v) is 3.65. The molecular formula is C19H29N7O2. The maximum atomic E-state index is 11.6. The van der Waals surface area contributed by atoms with E-state index in [1.807, 2.05) is 56.8 Å². The minimum Gasteiger partial charge on any atom is -0.444 e. The largest absolute Gasteiger partial charge is 0.444 e. The quantitative estimate of drug-likeness (QED) is 0.396. The molecule has 2 aromatic heterocycles. The lowest BCUT2D eigenvalue weighted by atomic mass is 10.2. The monoisotopic (exact) mass is 387 g/mol. The first-order chi connectivity index (χ1) is 13.3. The Labute approximate surface area is 165 Å². The van der Waals surface area contributed by atoms with Crippen LogP contribution in [0.1, 0.15) is 32.2 Å². The summed E-state index contributed by atoms with van der Waals surface area (Å²) in [6.07, 6.45) is 5.02. The van der Waals surface area contributed by atoms with Crippen molar-refractivity contribution in [3.63, 3.8) is 0 Å². The van der Waals surface area contributed by atoms with Crippen molar-refractivity contribution in [1.29, 1.82) is 0 Å². The summed E-state index contributed by atoms with van der Waals surface area (Å²) in [6.45, 7) is 8.95. The molecule has 9 heteroatoms. The lowest BCUT2D eigenvalue weighted by molar-refractivity contribution is 0.0529. The highest BCUT2D eigenvalue weighted by molar-refractivity contribution is 5.79. The van der Waals surface area contributed by atoms with Gasteiger partial charge in [0.2, 0.25) is 0 Å². The molecule has 0 atom stereocenters. The fourth-order valence-electron chi connectivity index (χ4n) is 2.35. The zero-order valence-corrected chi connectivity index (χ0v) is 17.1. The molecule has 0 fully saturated rings. The summed E-state index contributed by atoms with van der Waals surface area (Å²) in [7, 11) is 1.69. The third-order valence-electron chi connectivity index (χ3n) is 3.65. The minimum atomic E-state index is -0.505. The summed E-state index contributed by atoms with van der Waals surface area (Å²) >= 11 is 0. The molecule has 0 saturated heterocycles. The highest BCUT2D eigenvalue weighted by Gasteiger charge is 2.15. The molecule has 0 aliphatic rings. The molecule has 2 aromatic rings. The van der Waals surface area contributed by atoms with Crippen LogP contribution in [0.2, 0.25) is 0 Å². The summed E-state index contributed by atoms with van der Waals surface area (Å²) < 4.78 is 7.11. The number of rotatable bonds is 6. The summed E-state index contributed by atoms with van der Waals surface area (Å²) in [4.78, 5) is 24.4. The van der Waals surface area contributed by atoms with Crippen LogP contribution in [0.3, 0.4) is 0 Å². The Morgan fingerprint density at radius 3 is 2.50 bits per heavy atom. The van der Waals surface area contributed by atoms with E-state index in [-0.39, 0.29) is 0 Å². The smallest absolute Gasteiger partial charge is 0.407 e. The van der Waals surface area contributed by atoms with Crippen molar-refractivity contribution >= 4 is 12.1 Å². The number of hydrogen-bond acceptors (Lipinski definition) is 5. The summed E-state index contributed by atoms with van der Waals surface area (Å²) in [5.41, 5.74) is 0.520. The number of nitrogens with zero attached hydrogens (tertiary/aromatic N) is 4. The number of aromatic nitrogens is 3. The molecule has 0 bridgehead atoms. The number of guanidine groups is 1. The number of alkyl carbamates (subject to hydrolysis) is 1. The molecule has 28 heavy (non-hydrogen) atoms. The molecular weight excluding hydrogens is 358 g/mol. The van der Waals surface area contributed by atoms with Crippen LogP contribution >= 0.6 is 0 Å². The van der Waals surface area contributed by atoms with Crippen LogP contribution in [0.15, 0.2) is 35.7 Å². The molecule has 0 unspecified atom stereocenters. The van der Waals surface area contributed by atoms with Gasteiger partial charge >= 0.3 is 6.09 Å². The van der Waals surface area contributed by atoms with E-state index in [4.69, 9.17) is 4.74 Å². The van der Waals surface area contributed by atoms with Gasteiger partial charge in [0.25, 0.3) is 0 Å². The molecule has 0 aliphatic heterocycles. The van der Waals surface area contributed by atoms with E-state index in [1.54, 1.807) is 13.2 Å². The second-order valence-electron chi connectivity index (χ2n) is 7.15. The first-order valence-electron chi connectivity index (χ1n) is 9.15. The van der Waals surface area contributed by atoms with Crippen LogP contribution in [-0.2, 0) is 11.3 Å². The van der Waals surface area contributed by atoms with Gasteiger partial charge in [-0.3, -0.25) is 9.56 Å². The maximum Gasteiger partial charge on any atom is 0.407 e. The summed E-state index contributed by atoms with van der Waals surface area (Å²) in [5, 5.41) is 9.04. The van der Waals surface area contributed by atoms with Crippen molar-refractivity contribution in [2.24, 2.45) is 4.99 Å². The number of aliphatic imine (C=N–C) groups is 1. The third kappa shape index (κ3) is 6.90. The van der Waals surface area contributed by atoms with Crippen LogP contribution in [0, 0.1) is 6.92 Å². The number of pyridine rings is 1. The Hall–Kier alpha value is -3.10. The average Bonchev–Trinajstić information content (AvgIpc) is 3.06. The van der Waals surface area contributed by atoms with Gasteiger partial charge in [-0.05, 0) is 39.3 Å². The van der Waals surface area contributed by atoms with Gasteiger partial charge in [0.05, 0.1) is 0 Å². The van der Waals surface area contributed by atoms with Crippen LogP contribution in [0.4, 0.5) is 4.79 Å². The molecule has 2 rings (SSSR count). The lowest BCUT2D eigenvalue weighted by Gasteiger charge is -2.19. The van der Waals surface area contributed by atoms with E-state index in [2.05, 4.69) is 30.9 Å². The van der Waals surface area contributed by atoms with Gasteiger partial charge in [0.15, 0.2) is 5.96 Å². The second-order valence-corrected chi connectivity index (χ2v) is 7.15. The van der Waals surface area contributed by atoms with Crippen molar-refractivity contribution in [3.8, 4) is 5.82 Å². The van der Waals surface area contributed by atoms with Crippen molar-refractivity contribution < 1.29 is 9.53 Å². The molecule has 0 aliphatic carbocycles. The molecule has 9 nitrogen and oxygen atoms in total. The zero-order chi connectivity index (χ0) is 20.6. The molecule has 0 saturated carbocycles. The van der Waals surface area contributed by atoms with Gasteiger partial charge in [-0.2, -0.15) is 0 Å². The number of hydrogen-bond donors (Lipinski definition) is 3. The topological polar surface area (TPSA) is 105 Å². The fraction of sp³-hybridized carbons (Fsp3) is 0.474. The molecule has 2 heterocycles. The van der Waals surface area contributed by atoms with E-state index in [0.717, 1.165) is 17.2 Å². The van der Waals surface area contributed by atoms with Gasteiger partial charge in [-0.1, -0.05) is 6.07 Å². The number of aryl methyl sites for hydroxylation is 1. The van der Waals surface area contributed by atoms with Crippen molar-refractivity contribution in [1.82, 2.24) is 30.5 Å². The Kier molecular flexibility index (Phi) is 7.36. The minimum absolute atomic E-state index is 0.427. The zero-order valence-electron chi connectivity index (χ0n) is 17.1. The fourth-order valence-corrected chi connectivity index (χ4v) is 2.35. The van der Waals surface area contributed by atoms with E-state index in [9.17, 15) is 4.79 Å². The van der Waals surface area contributed by atoms with Crippen LogP contribution < -0.4 is 16.0 Å². The van der Waals surface area contributed by atoms with E-state index >= 15 is 0 Å². The van der Waals surface area contributed by atoms with Gasteiger partial charge < -0.3 is 20.7 Å².